The van der Waals surface area contributed by atoms with Gasteiger partial charge in [0.15, 0.2) is 0 Å². The van der Waals surface area contributed by atoms with Crippen LogP contribution in [0.3, 0.4) is 0 Å². The number of hydrogen-bond donors (Lipinski definition) is 1. The zero-order valence-electron chi connectivity index (χ0n) is 11.0. The van der Waals surface area contributed by atoms with E-state index >= 15 is 0 Å². The van der Waals surface area contributed by atoms with Crippen LogP contribution in [0.25, 0.3) is 0 Å². The van der Waals surface area contributed by atoms with Crippen LogP contribution < -0.4 is 10.1 Å². The van der Waals surface area contributed by atoms with Crippen molar-refractivity contribution in [2.75, 3.05) is 12.4 Å². The smallest absolute Gasteiger partial charge is 0.257 e. The molecular weight excluding hydrogens is 339 g/mol. The molecule has 2 rings (SSSR count). The number of rotatable bonds is 3. The minimum Gasteiger partial charge on any atom is -0.495 e. The summed E-state index contributed by atoms with van der Waals surface area (Å²) in [6.07, 6.45) is 0. The molecule has 0 aliphatic heterocycles. The van der Waals surface area contributed by atoms with Gasteiger partial charge in [-0.05, 0) is 40.2 Å². The first-order chi connectivity index (χ1) is 10.1. The Hall–Kier alpha value is -2.39. The molecule has 0 aliphatic carbocycles. The van der Waals surface area contributed by atoms with Crippen molar-refractivity contribution in [2.24, 2.45) is 0 Å². The van der Waals surface area contributed by atoms with Gasteiger partial charge in [-0.1, -0.05) is 6.07 Å². The predicted octanol–water partition coefficient (Wildman–Crippen LogP) is 3.72. The molecule has 6 heteroatoms. The van der Waals surface area contributed by atoms with Gasteiger partial charge >= 0.3 is 0 Å². The molecule has 0 saturated heterocycles. The number of nitrogens with zero attached hydrogens (tertiary/aromatic N) is 1. The summed E-state index contributed by atoms with van der Waals surface area (Å²) in [4.78, 5) is 12.2. The van der Waals surface area contributed by atoms with Crippen LogP contribution in [0.5, 0.6) is 5.75 Å². The molecular formula is C15H10BrFN2O2. The third kappa shape index (κ3) is 3.20. The van der Waals surface area contributed by atoms with E-state index in [0.717, 1.165) is 0 Å². The third-order valence-electron chi connectivity index (χ3n) is 2.78. The SMILES string of the molecule is COc1cc(C#N)ccc1NC(=O)c1cccc(F)c1Br. The van der Waals surface area contributed by atoms with Crippen molar-refractivity contribution < 1.29 is 13.9 Å². The van der Waals surface area contributed by atoms with Crippen LogP contribution in [0, 0.1) is 17.1 Å². The van der Waals surface area contributed by atoms with Crippen LogP contribution in [-0.4, -0.2) is 13.0 Å². The number of nitriles is 1. The Kier molecular flexibility index (Phi) is 4.55. The standard InChI is InChI=1S/C15H10BrFN2O2/c1-21-13-7-9(8-18)5-6-12(13)19-15(20)10-3-2-4-11(17)14(10)16/h2-7H,1H3,(H,19,20). The summed E-state index contributed by atoms with van der Waals surface area (Å²) in [5, 5.41) is 11.5. The lowest BCUT2D eigenvalue weighted by Gasteiger charge is -2.11. The maximum absolute atomic E-state index is 13.4. The molecule has 0 fully saturated rings. The Balaban J connectivity index is 2.32. The largest absolute Gasteiger partial charge is 0.495 e. The number of nitrogens with one attached hydrogen (secondary N) is 1. The number of ether oxygens (including phenoxy) is 1. The van der Waals surface area contributed by atoms with Crippen molar-refractivity contribution in [1.82, 2.24) is 0 Å². The third-order valence-corrected chi connectivity index (χ3v) is 3.58. The highest BCUT2D eigenvalue weighted by Gasteiger charge is 2.15. The van der Waals surface area contributed by atoms with E-state index in [9.17, 15) is 9.18 Å². The fourth-order valence-electron chi connectivity index (χ4n) is 1.73. The van der Waals surface area contributed by atoms with Gasteiger partial charge in [-0.3, -0.25) is 4.79 Å². The molecule has 0 saturated carbocycles. The molecule has 0 heterocycles. The van der Waals surface area contributed by atoms with E-state index in [1.807, 2.05) is 6.07 Å². The number of amides is 1. The number of methoxy groups -OCH3 is 1. The van der Waals surface area contributed by atoms with Gasteiger partial charge in [-0.2, -0.15) is 5.26 Å². The molecule has 2 aromatic carbocycles. The summed E-state index contributed by atoms with van der Waals surface area (Å²) in [6.45, 7) is 0. The zero-order chi connectivity index (χ0) is 15.4. The van der Waals surface area contributed by atoms with E-state index in [1.165, 1.54) is 31.4 Å². The van der Waals surface area contributed by atoms with Gasteiger partial charge in [0.25, 0.3) is 5.91 Å². The predicted molar refractivity (Wildman–Crippen MR) is 79.8 cm³/mol. The maximum Gasteiger partial charge on any atom is 0.257 e. The topological polar surface area (TPSA) is 62.1 Å². The van der Waals surface area contributed by atoms with Gasteiger partial charge < -0.3 is 10.1 Å². The maximum atomic E-state index is 13.4. The van der Waals surface area contributed by atoms with E-state index < -0.39 is 11.7 Å². The fraction of sp³-hybridized carbons (Fsp3) is 0.0667. The van der Waals surface area contributed by atoms with Crippen molar-refractivity contribution in [2.45, 2.75) is 0 Å². The van der Waals surface area contributed by atoms with Gasteiger partial charge in [-0.15, -0.1) is 0 Å². The summed E-state index contributed by atoms with van der Waals surface area (Å²) in [5.41, 5.74) is 0.982. The normalized spacial score (nSPS) is 9.81. The van der Waals surface area contributed by atoms with Crippen molar-refractivity contribution in [3.8, 4) is 11.8 Å². The molecule has 106 valence electrons. The fourth-order valence-corrected chi connectivity index (χ4v) is 2.18. The minimum atomic E-state index is -0.519. The summed E-state index contributed by atoms with van der Waals surface area (Å²) in [7, 11) is 1.43. The molecule has 0 aliphatic rings. The molecule has 0 spiro atoms. The highest BCUT2D eigenvalue weighted by molar-refractivity contribution is 9.10. The van der Waals surface area contributed by atoms with Gasteiger partial charge in [0.2, 0.25) is 0 Å². The first kappa shape index (κ1) is 15.0. The molecule has 0 atom stereocenters. The lowest BCUT2D eigenvalue weighted by molar-refractivity contribution is 0.102. The van der Waals surface area contributed by atoms with Crippen molar-refractivity contribution in [3.63, 3.8) is 0 Å². The molecule has 0 bridgehead atoms. The number of carbonyl (C=O) groups is 1. The number of carbonyl (C=O) groups excluding carboxylic acids is 1. The van der Waals surface area contributed by atoms with E-state index in [1.54, 1.807) is 12.1 Å². The molecule has 1 N–H and O–H groups in total. The second-order valence-electron chi connectivity index (χ2n) is 4.08. The van der Waals surface area contributed by atoms with Crippen LogP contribution >= 0.6 is 15.9 Å². The lowest BCUT2D eigenvalue weighted by atomic mass is 10.1. The number of benzene rings is 2. The molecule has 2 aromatic rings. The van der Waals surface area contributed by atoms with Gasteiger partial charge in [0.1, 0.15) is 11.6 Å². The van der Waals surface area contributed by atoms with Gasteiger partial charge in [-0.25, -0.2) is 4.39 Å². The second kappa shape index (κ2) is 6.37. The summed E-state index contributed by atoms with van der Waals surface area (Å²) in [5.74, 6) is -0.645. The summed E-state index contributed by atoms with van der Waals surface area (Å²) >= 11 is 3.04. The number of anilines is 1. The Morgan fingerprint density at radius 1 is 1.38 bits per heavy atom. The van der Waals surface area contributed by atoms with E-state index in [4.69, 9.17) is 10.00 Å². The van der Waals surface area contributed by atoms with Gasteiger partial charge in [0, 0.05) is 6.07 Å². The van der Waals surface area contributed by atoms with E-state index in [-0.39, 0.29) is 10.0 Å². The van der Waals surface area contributed by atoms with E-state index in [0.29, 0.717) is 17.0 Å². The molecule has 21 heavy (non-hydrogen) atoms. The Morgan fingerprint density at radius 2 is 2.14 bits per heavy atom. The van der Waals surface area contributed by atoms with Crippen LogP contribution in [0.1, 0.15) is 15.9 Å². The zero-order valence-corrected chi connectivity index (χ0v) is 12.6. The van der Waals surface area contributed by atoms with Crippen molar-refractivity contribution in [1.29, 1.82) is 5.26 Å². The van der Waals surface area contributed by atoms with Crippen LogP contribution in [0.2, 0.25) is 0 Å². The molecule has 0 aromatic heterocycles. The van der Waals surface area contributed by atoms with Gasteiger partial charge in [0.05, 0.1) is 34.5 Å². The first-order valence-corrected chi connectivity index (χ1v) is 6.69. The number of halogens is 2. The highest BCUT2D eigenvalue weighted by Crippen LogP contribution is 2.27. The summed E-state index contributed by atoms with van der Waals surface area (Å²) in [6, 6.07) is 10.8. The Labute approximate surface area is 129 Å². The molecule has 4 nitrogen and oxygen atoms in total. The minimum absolute atomic E-state index is 0.0927. The lowest BCUT2D eigenvalue weighted by Crippen LogP contribution is -2.13. The van der Waals surface area contributed by atoms with Crippen molar-refractivity contribution >= 4 is 27.5 Å². The quantitative estimate of drug-likeness (QED) is 0.919. The van der Waals surface area contributed by atoms with E-state index in [2.05, 4.69) is 21.2 Å². The molecule has 0 radical (unpaired) electrons. The second-order valence-corrected chi connectivity index (χ2v) is 4.88. The monoisotopic (exact) mass is 348 g/mol. The summed E-state index contributed by atoms with van der Waals surface area (Å²) < 4.78 is 18.7. The molecule has 0 unspecified atom stereocenters. The average molecular weight is 349 g/mol. The van der Waals surface area contributed by atoms with Crippen LogP contribution in [0.15, 0.2) is 40.9 Å². The van der Waals surface area contributed by atoms with Crippen molar-refractivity contribution in [3.05, 3.63) is 57.8 Å². The Bertz CT molecular complexity index is 741. The average Bonchev–Trinajstić information content (AvgIpc) is 2.50. The van der Waals surface area contributed by atoms with Crippen LogP contribution in [-0.2, 0) is 0 Å². The van der Waals surface area contributed by atoms with Crippen LogP contribution in [0.4, 0.5) is 10.1 Å². The Morgan fingerprint density at radius 3 is 2.81 bits per heavy atom. The first-order valence-electron chi connectivity index (χ1n) is 5.90. The number of hydrogen-bond acceptors (Lipinski definition) is 3. The molecule has 1 amide bonds. The highest BCUT2D eigenvalue weighted by atomic mass is 79.9.